The normalized spacial score (nSPS) is 16.5. The van der Waals surface area contributed by atoms with E-state index in [-0.39, 0.29) is 38.5 Å². The van der Waals surface area contributed by atoms with Crippen LogP contribution in [0.15, 0.2) is 91.1 Å². The van der Waals surface area contributed by atoms with Gasteiger partial charge in [-0.05, 0) is 90.4 Å². The lowest BCUT2D eigenvalue weighted by molar-refractivity contribution is -0.139. The zero-order chi connectivity index (χ0) is 46.0. The van der Waals surface area contributed by atoms with Crippen molar-refractivity contribution in [2.24, 2.45) is 11.5 Å². The van der Waals surface area contributed by atoms with Crippen LogP contribution in [0, 0.1) is 0 Å². The van der Waals surface area contributed by atoms with Crippen LogP contribution < -0.4 is 36.9 Å². The number of nitrogens with one attached hydrogen (secondary N) is 4. The summed E-state index contributed by atoms with van der Waals surface area (Å²) in [6.45, 7) is 4.62. The average Bonchev–Trinajstić information content (AvgIpc) is 3.80. The van der Waals surface area contributed by atoms with Crippen LogP contribution in [0.25, 0.3) is 22.3 Å². The Balaban J connectivity index is 1.32. The highest BCUT2D eigenvalue weighted by Crippen LogP contribution is 2.40. The van der Waals surface area contributed by atoms with Gasteiger partial charge in [0.15, 0.2) is 0 Å². The van der Waals surface area contributed by atoms with Crippen molar-refractivity contribution in [1.82, 2.24) is 30.8 Å². The Hall–Kier alpha value is -6.65. The number of imidazole rings is 1. The maximum absolute atomic E-state index is 14.4. The SMILES string of the molecule is CCCCc1ccc(-c2ccc(C(=O)NCC(=O)N(C)C3C(=O)N[C@@H](C)C(=O)NC(c4ncc(C(C)(F)F)[nH]4)Cc4ccc(OCCN)c(c4)-c4cc3ccc4OCCN)cc2)cc1. The van der Waals surface area contributed by atoms with Gasteiger partial charge in [0, 0.05) is 43.8 Å². The molecule has 1 aliphatic heterocycles. The molecule has 3 atom stereocenters. The first-order chi connectivity index (χ1) is 30.7. The Morgan fingerprint density at radius 1 is 0.875 bits per heavy atom. The number of carbonyl (C=O) groups excluding carboxylic acids is 4. The van der Waals surface area contributed by atoms with Gasteiger partial charge in [-0.25, -0.2) is 4.98 Å². The van der Waals surface area contributed by atoms with Gasteiger partial charge in [-0.15, -0.1) is 0 Å². The number of benzene rings is 4. The molecule has 1 aliphatic rings. The second kappa shape index (κ2) is 21.1. The number of hydrogen-bond acceptors (Lipinski definition) is 9. The van der Waals surface area contributed by atoms with Gasteiger partial charge >= 0.3 is 0 Å². The van der Waals surface area contributed by atoms with Crippen molar-refractivity contribution in [3.05, 3.63) is 125 Å². The van der Waals surface area contributed by atoms with Crippen LogP contribution in [0.2, 0.25) is 0 Å². The lowest BCUT2D eigenvalue weighted by Gasteiger charge is -2.30. The third-order valence-electron chi connectivity index (χ3n) is 11.0. The summed E-state index contributed by atoms with van der Waals surface area (Å²) in [6, 6.07) is 22.3. The minimum Gasteiger partial charge on any atom is -0.492 e. The molecule has 5 aromatic rings. The van der Waals surface area contributed by atoms with Crippen LogP contribution in [0.4, 0.5) is 8.78 Å². The van der Waals surface area contributed by atoms with Crippen molar-refractivity contribution in [2.75, 3.05) is 39.9 Å². The van der Waals surface area contributed by atoms with Crippen molar-refractivity contribution in [3.63, 3.8) is 0 Å². The van der Waals surface area contributed by atoms with Crippen LogP contribution in [0.5, 0.6) is 11.5 Å². The maximum Gasteiger partial charge on any atom is 0.286 e. The first kappa shape index (κ1) is 46.8. The number of rotatable bonds is 16. The number of unbranched alkanes of at least 4 members (excludes halogenated alkanes) is 1. The van der Waals surface area contributed by atoms with E-state index in [0.717, 1.165) is 43.5 Å². The fraction of sp³-hybridized carbons (Fsp3) is 0.354. The lowest BCUT2D eigenvalue weighted by atomic mass is 9.93. The molecule has 14 nitrogen and oxygen atoms in total. The van der Waals surface area contributed by atoms with E-state index in [9.17, 15) is 28.0 Å². The molecule has 0 radical (unpaired) electrons. The molecule has 4 amide bonds. The van der Waals surface area contributed by atoms with Gasteiger partial charge in [0.1, 0.15) is 48.3 Å². The summed E-state index contributed by atoms with van der Waals surface area (Å²) in [5.41, 5.74) is 16.8. The average molecular weight is 879 g/mol. The van der Waals surface area contributed by atoms with Crippen LogP contribution >= 0.6 is 0 Å². The molecule has 1 aromatic heterocycles. The van der Waals surface area contributed by atoms with Crippen LogP contribution in [0.1, 0.15) is 84.3 Å². The number of aromatic nitrogens is 2. The molecular formula is C48H56F2N8O6. The number of carbonyl (C=O) groups is 4. The summed E-state index contributed by atoms with van der Waals surface area (Å²) < 4.78 is 40.9. The molecule has 4 aromatic carbocycles. The molecule has 4 bridgehead atoms. The first-order valence-electron chi connectivity index (χ1n) is 21.4. The monoisotopic (exact) mass is 878 g/mol. The van der Waals surface area contributed by atoms with Crippen molar-refractivity contribution < 1.29 is 37.4 Å². The number of aromatic amines is 1. The van der Waals surface area contributed by atoms with E-state index in [0.29, 0.717) is 39.3 Å². The number of ether oxygens (including phenoxy) is 2. The van der Waals surface area contributed by atoms with E-state index >= 15 is 0 Å². The van der Waals surface area contributed by atoms with E-state index in [2.05, 4.69) is 57.1 Å². The Kier molecular flexibility index (Phi) is 15.5. The quantitative estimate of drug-likeness (QED) is 0.0716. The van der Waals surface area contributed by atoms with Gasteiger partial charge in [-0.1, -0.05) is 61.9 Å². The highest BCUT2D eigenvalue weighted by Gasteiger charge is 2.34. The molecule has 2 unspecified atom stereocenters. The van der Waals surface area contributed by atoms with Gasteiger partial charge in [-0.2, -0.15) is 8.78 Å². The standard InChI is InChI=1S/C48H56F2N8O6/c1-5-6-7-30-8-11-32(12-9-30)33-13-15-34(16-14-33)46(61)54-28-42(59)58(4)43-35-17-19-40(64-23-21-52)37(26-35)36-24-31(10-18-39(36)63-22-20-51)25-38(56-45(60)29(2)55-47(43)62)44-53-27-41(57-44)48(3,49)50/h8-19,24,26-27,29,38,43H,5-7,20-23,25,28,51-52H2,1-4H3,(H,53,57)(H,54,61)(H,55,62)(H,56,60)/t29-,38?,43?/m0/s1. The molecule has 0 saturated carbocycles. The zero-order valence-corrected chi connectivity index (χ0v) is 36.5. The van der Waals surface area contributed by atoms with Crippen molar-refractivity contribution in [1.29, 1.82) is 0 Å². The predicted octanol–water partition coefficient (Wildman–Crippen LogP) is 5.72. The number of halogens is 2. The molecule has 0 aliphatic carbocycles. The van der Waals surface area contributed by atoms with Crippen molar-refractivity contribution in [2.45, 2.75) is 70.5 Å². The Bertz CT molecular complexity index is 2420. The molecule has 338 valence electrons. The van der Waals surface area contributed by atoms with E-state index in [1.807, 2.05) is 18.2 Å². The summed E-state index contributed by atoms with van der Waals surface area (Å²) in [5.74, 6) is -4.79. The lowest BCUT2D eigenvalue weighted by Crippen LogP contribution is -2.51. The molecular weight excluding hydrogens is 823 g/mol. The minimum absolute atomic E-state index is 0.0723. The highest BCUT2D eigenvalue weighted by molar-refractivity contribution is 5.98. The second-order valence-corrected chi connectivity index (χ2v) is 15.9. The summed E-state index contributed by atoms with van der Waals surface area (Å²) in [6.07, 6.45) is 4.38. The van der Waals surface area contributed by atoms with Gasteiger partial charge in [0.25, 0.3) is 11.8 Å². The third-order valence-corrected chi connectivity index (χ3v) is 11.0. The minimum atomic E-state index is -3.23. The molecule has 16 heteroatoms. The largest absolute Gasteiger partial charge is 0.492 e. The Morgan fingerprint density at radius 2 is 1.50 bits per heavy atom. The number of amides is 4. The van der Waals surface area contributed by atoms with E-state index < -0.39 is 59.9 Å². The number of H-pyrrole nitrogens is 1. The number of nitrogens with zero attached hydrogens (tertiary/aromatic N) is 2. The Morgan fingerprint density at radius 3 is 2.11 bits per heavy atom. The van der Waals surface area contributed by atoms with Crippen LogP contribution in [0.3, 0.4) is 0 Å². The van der Waals surface area contributed by atoms with Gasteiger partial charge in [-0.3, -0.25) is 19.2 Å². The first-order valence-corrected chi connectivity index (χ1v) is 21.4. The van der Waals surface area contributed by atoms with Gasteiger partial charge < -0.3 is 46.8 Å². The van der Waals surface area contributed by atoms with Gasteiger partial charge in [0.2, 0.25) is 17.7 Å². The van der Waals surface area contributed by atoms with E-state index in [1.54, 1.807) is 42.5 Å². The predicted molar refractivity (Wildman–Crippen MR) is 240 cm³/mol. The Labute approximate surface area is 371 Å². The molecule has 6 rings (SSSR count). The number of alkyl halides is 2. The van der Waals surface area contributed by atoms with Crippen LogP contribution in [-0.4, -0.2) is 84.4 Å². The smallest absolute Gasteiger partial charge is 0.286 e. The molecule has 0 saturated heterocycles. The van der Waals surface area contributed by atoms with Crippen LogP contribution in [-0.2, 0) is 33.1 Å². The fourth-order valence-corrected chi connectivity index (χ4v) is 7.41. The van der Waals surface area contributed by atoms with Crippen molar-refractivity contribution >= 4 is 23.6 Å². The summed E-state index contributed by atoms with van der Waals surface area (Å²) >= 11 is 0. The maximum atomic E-state index is 14.4. The van der Waals surface area contributed by atoms with Gasteiger partial charge in [0.05, 0.1) is 18.8 Å². The number of hydrogen-bond donors (Lipinski definition) is 6. The number of nitrogens with two attached hydrogens (primary N) is 2. The summed E-state index contributed by atoms with van der Waals surface area (Å²) in [4.78, 5) is 63.6. The zero-order valence-electron chi connectivity index (χ0n) is 36.5. The van der Waals surface area contributed by atoms with E-state index in [4.69, 9.17) is 20.9 Å². The number of fused-ring (bicyclic) bond motifs is 5. The topological polar surface area (TPSA) is 207 Å². The molecule has 0 spiro atoms. The number of likely N-dealkylation sites (N-methyl/N-ethyl adjacent to an activating group) is 1. The second-order valence-electron chi connectivity index (χ2n) is 15.9. The molecule has 2 heterocycles. The molecule has 0 fully saturated rings. The summed E-state index contributed by atoms with van der Waals surface area (Å²) in [7, 11) is 1.43. The fourth-order valence-electron chi connectivity index (χ4n) is 7.41. The molecule has 64 heavy (non-hydrogen) atoms. The highest BCUT2D eigenvalue weighted by atomic mass is 19.3. The summed E-state index contributed by atoms with van der Waals surface area (Å²) in [5, 5.41) is 8.26. The number of aryl methyl sites for hydroxylation is 1. The third kappa shape index (κ3) is 11.5. The van der Waals surface area contributed by atoms with E-state index in [1.165, 1.54) is 24.4 Å². The van der Waals surface area contributed by atoms with Crippen molar-refractivity contribution in [3.8, 4) is 33.8 Å². The molecule has 8 N–H and O–H groups in total.